The van der Waals surface area contributed by atoms with Gasteiger partial charge in [-0.2, -0.15) is 0 Å². The van der Waals surface area contributed by atoms with Crippen molar-refractivity contribution in [3.63, 3.8) is 0 Å². The molecule has 1 saturated carbocycles. The Kier molecular flexibility index (Phi) is 3.20. The second kappa shape index (κ2) is 4.46. The van der Waals surface area contributed by atoms with Crippen LogP contribution in [0.3, 0.4) is 0 Å². The van der Waals surface area contributed by atoms with E-state index in [-0.39, 0.29) is 11.3 Å². The average molecular weight is 238 g/mol. The lowest BCUT2D eigenvalue weighted by Gasteiger charge is -2.42. The Balaban J connectivity index is 2.14. The van der Waals surface area contributed by atoms with Gasteiger partial charge in [0.2, 0.25) is 5.91 Å². The second-order valence-corrected chi connectivity index (χ2v) is 4.99. The van der Waals surface area contributed by atoms with Crippen LogP contribution >= 0.6 is 11.6 Å². The average Bonchev–Trinajstić information content (AvgIpc) is 2.18. The number of amides is 1. The van der Waals surface area contributed by atoms with E-state index in [0.717, 1.165) is 24.4 Å². The minimum Gasteiger partial charge on any atom is -0.355 e. The van der Waals surface area contributed by atoms with Gasteiger partial charge in [0.05, 0.1) is 0 Å². The third-order valence-electron chi connectivity index (χ3n) is 3.44. The normalized spacial score (nSPS) is 17.6. The van der Waals surface area contributed by atoms with Gasteiger partial charge in [0.1, 0.15) is 0 Å². The van der Waals surface area contributed by atoms with E-state index in [1.54, 1.807) is 6.92 Å². The summed E-state index contributed by atoms with van der Waals surface area (Å²) in [5, 5.41) is 3.69. The lowest BCUT2D eigenvalue weighted by atomic mass is 9.64. The van der Waals surface area contributed by atoms with Crippen molar-refractivity contribution < 1.29 is 4.79 Å². The van der Waals surface area contributed by atoms with E-state index in [0.29, 0.717) is 0 Å². The van der Waals surface area contributed by atoms with E-state index in [1.165, 1.54) is 12.0 Å². The number of carbonyl (C=O) groups excluding carboxylic acids is 1. The van der Waals surface area contributed by atoms with Gasteiger partial charge in [0.25, 0.3) is 0 Å². The first kappa shape index (κ1) is 11.5. The number of benzene rings is 1. The topological polar surface area (TPSA) is 29.1 Å². The van der Waals surface area contributed by atoms with Crippen LogP contribution in [0.2, 0.25) is 5.02 Å². The highest BCUT2D eigenvalue weighted by Gasteiger charge is 2.38. The number of rotatable bonds is 3. The highest BCUT2D eigenvalue weighted by molar-refractivity contribution is 6.30. The zero-order chi connectivity index (χ0) is 11.6. The fourth-order valence-electron chi connectivity index (χ4n) is 2.27. The molecule has 0 heterocycles. The van der Waals surface area contributed by atoms with Crippen molar-refractivity contribution in [1.29, 1.82) is 0 Å². The van der Waals surface area contributed by atoms with Gasteiger partial charge < -0.3 is 5.32 Å². The first-order valence-corrected chi connectivity index (χ1v) is 6.01. The molecular formula is C13H16ClNO. The molecule has 1 fully saturated rings. The summed E-state index contributed by atoms with van der Waals surface area (Å²) >= 11 is 5.88. The largest absolute Gasteiger partial charge is 0.355 e. The zero-order valence-electron chi connectivity index (χ0n) is 9.42. The lowest BCUT2D eigenvalue weighted by molar-refractivity contribution is -0.119. The van der Waals surface area contributed by atoms with E-state index in [2.05, 4.69) is 17.4 Å². The molecule has 0 spiro atoms. The number of carbonyl (C=O) groups is 1. The van der Waals surface area contributed by atoms with Gasteiger partial charge in [-0.15, -0.1) is 0 Å². The van der Waals surface area contributed by atoms with Gasteiger partial charge in [-0.3, -0.25) is 4.79 Å². The van der Waals surface area contributed by atoms with Gasteiger partial charge in [-0.05, 0) is 30.5 Å². The Bertz CT molecular complexity index is 381. The fourth-order valence-corrected chi connectivity index (χ4v) is 2.39. The third kappa shape index (κ3) is 2.22. The van der Waals surface area contributed by atoms with Crippen LogP contribution < -0.4 is 5.32 Å². The van der Waals surface area contributed by atoms with Crippen LogP contribution in [0.4, 0.5) is 0 Å². The highest BCUT2D eigenvalue weighted by Crippen LogP contribution is 2.43. The molecule has 0 unspecified atom stereocenters. The molecule has 2 rings (SSSR count). The maximum Gasteiger partial charge on any atom is 0.216 e. The van der Waals surface area contributed by atoms with E-state index in [4.69, 9.17) is 11.6 Å². The molecule has 16 heavy (non-hydrogen) atoms. The maximum absolute atomic E-state index is 11.0. The van der Waals surface area contributed by atoms with Crippen molar-refractivity contribution in [3.05, 3.63) is 34.9 Å². The number of hydrogen-bond donors (Lipinski definition) is 1. The summed E-state index contributed by atoms with van der Waals surface area (Å²) in [5.74, 6) is 0.0419. The molecule has 0 radical (unpaired) electrons. The minimum absolute atomic E-state index is 0.0419. The third-order valence-corrected chi connectivity index (χ3v) is 3.69. The van der Waals surface area contributed by atoms with Crippen LogP contribution in [0, 0.1) is 0 Å². The Morgan fingerprint density at radius 2 is 2.00 bits per heavy atom. The summed E-state index contributed by atoms with van der Waals surface area (Å²) < 4.78 is 0. The summed E-state index contributed by atoms with van der Waals surface area (Å²) in [4.78, 5) is 11.0. The molecule has 1 aliphatic carbocycles. The molecule has 1 N–H and O–H groups in total. The molecule has 0 saturated heterocycles. The standard InChI is InChI=1S/C13H16ClNO/c1-10(16)15-9-13(7-2-8-13)11-3-5-12(14)6-4-11/h3-6H,2,7-9H2,1H3,(H,15,16). The van der Waals surface area contributed by atoms with Crippen molar-refractivity contribution in [2.45, 2.75) is 31.6 Å². The van der Waals surface area contributed by atoms with E-state index in [9.17, 15) is 4.79 Å². The first-order valence-electron chi connectivity index (χ1n) is 5.63. The molecule has 2 nitrogen and oxygen atoms in total. The SMILES string of the molecule is CC(=O)NCC1(c2ccc(Cl)cc2)CCC1. The smallest absolute Gasteiger partial charge is 0.216 e. The van der Waals surface area contributed by atoms with Gasteiger partial charge in [0.15, 0.2) is 0 Å². The van der Waals surface area contributed by atoms with Gasteiger partial charge in [-0.1, -0.05) is 30.2 Å². The molecule has 0 aromatic heterocycles. The molecule has 0 bridgehead atoms. The summed E-state index contributed by atoms with van der Waals surface area (Å²) in [6, 6.07) is 7.99. The quantitative estimate of drug-likeness (QED) is 0.861. The number of hydrogen-bond acceptors (Lipinski definition) is 1. The summed E-state index contributed by atoms with van der Waals surface area (Å²) in [5.41, 5.74) is 1.44. The molecule has 1 aromatic carbocycles. The predicted octanol–water partition coefficient (Wildman–Crippen LogP) is 2.90. The van der Waals surface area contributed by atoms with E-state index >= 15 is 0 Å². The molecule has 1 amide bonds. The van der Waals surface area contributed by atoms with Crippen LogP contribution in [0.5, 0.6) is 0 Å². The van der Waals surface area contributed by atoms with Crippen molar-refractivity contribution in [2.75, 3.05) is 6.54 Å². The molecule has 86 valence electrons. The fraction of sp³-hybridized carbons (Fsp3) is 0.462. The number of halogens is 1. The molecule has 0 aliphatic heterocycles. The van der Waals surface area contributed by atoms with Crippen LogP contribution in [0.15, 0.2) is 24.3 Å². The van der Waals surface area contributed by atoms with Crippen LogP contribution in [-0.4, -0.2) is 12.5 Å². The highest BCUT2D eigenvalue weighted by atomic mass is 35.5. The lowest BCUT2D eigenvalue weighted by Crippen LogP contribution is -2.45. The molecule has 1 aromatic rings. The molecule has 0 atom stereocenters. The Morgan fingerprint density at radius 1 is 1.38 bits per heavy atom. The van der Waals surface area contributed by atoms with Crippen molar-refractivity contribution in [3.8, 4) is 0 Å². The van der Waals surface area contributed by atoms with Gasteiger partial charge >= 0.3 is 0 Å². The van der Waals surface area contributed by atoms with Crippen LogP contribution in [-0.2, 0) is 10.2 Å². The summed E-state index contributed by atoms with van der Waals surface area (Å²) in [7, 11) is 0. The predicted molar refractivity (Wildman–Crippen MR) is 65.7 cm³/mol. The Labute approximate surface area is 101 Å². The van der Waals surface area contributed by atoms with Crippen molar-refractivity contribution >= 4 is 17.5 Å². The van der Waals surface area contributed by atoms with Crippen molar-refractivity contribution in [1.82, 2.24) is 5.32 Å². The Morgan fingerprint density at radius 3 is 2.44 bits per heavy atom. The minimum atomic E-state index is 0.0419. The van der Waals surface area contributed by atoms with E-state index < -0.39 is 0 Å². The zero-order valence-corrected chi connectivity index (χ0v) is 10.2. The Hall–Kier alpha value is -1.02. The number of nitrogens with one attached hydrogen (secondary N) is 1. The van der Waals surface area contributed by atoms with Gasteiger partial charge in [-0.25, -0.2) is 0 Å². The first-order chi connectivity index (χ1) is 7.62. The summed E-state index contributed by atoms with van der Waals surface area (Å²) in [6.07, 6.45) is 3.53. The molecular weight excluding hydrogens is 222 g/mol. The van der Waals surface area contributed by atoms with Crippen LogP contribution in [0.1, 0.15) is 31.7 Å². The molecule has 3 heteroatoms. The summed E-state index contributed by atoms with van der Waals surface area (Å²) in [6.45, 7) is 2.30. The van der Waals surface area contributed by atoms with Gasteiger partial charge in [0, 0.05) is 23.9 Å². The molecule has 1 aliphatic rings. The maximum atomic E-state index is 11.0. The van der Waals surface area contributed by atoms with Crippen LogP contribution in [0.25, 0.3) is 0 Å². The van der Waals surface area contributed by atoms with E-state index in [1.807, 2.05) is 12.1 Å². The monoisotopic (exact) mass is 237 g/mol. The van der Waals surface area contributed by atoms with Crippen molar-refractivity contribution in [2.24, 2.45) is 0 Å². The second-order valence-electron chi connectivity index (χ2n) is 4.55.